The Morgan fingerprint density at radius 1 is 1.15 bits per heavy atom. The van der Waals surface area contributed by atoms with Gasteiger partial charge in [0.25, 0.3) is 5.91 Å². The number of carbonyl (C=O) groups excluding carboxylic acids is 1. The molecule has 0 aliphatic carbocycles. The van der Waals surface area contributed by atoms with Crippen molar-refractivity contribution >= 4 is 11.7 Å². The summed E-state index contributed by atoms with van der Waals surface area (Å²) in [7, 11) is 1.64. The number of amides is 1. The van der Waals surface area contributed by atoms with Crippen LogP contribution in [0.4, 0.5) is 5.82 Å². The van der Waals surface area contributed by atoms with E-state index in [1.807, 2.05) is 24.3 Å². The summed E-state index contributed by atoms with van der Waals surface area (Å²) in [6, 6.07) is 9.53. The van der Waals surface area contributed by atoms with E-state index in [4.69, 9.17) is 4.74 Å². The van der Waals surface area contributed by atoms with Gasteiger partial charge in [-0.1, -0.05) is 26.0 Å². The molecule has 6 heteroatoms. The second-order valence-electron chi connectivity index (χ2n) is 6.65. The minimum Gasteiger partial charge on any atom is -0.497 e. The summed E-state index contributed by atoms with van der Waals surface area (Å²) in [5.74, 6) is 2.53. The van der Waals surface area contributed by atoms with E-state index in [1.54, 1.807) is 20.1 Å². The van der Waals surface area contributed by atoms with Crippen molar-refractivity contribution in [3.05, 3.63) is 47.4 Å². The molecule has 0 fully saturated rings. The molecule has 0 aliphatic heterocycles. The van der Waals surface area contributed by atoms with Crippen molar-refractivity contribution in [3.8, 4) is 5.75 Å². The van der Waals surface area contributed by atoms with Crippen molar-refractivity contribution in [2.75, 3.05) is 25.5 Å². The molecule has 140 valence electrons. The van der Waals surface area contributed by atoms with Gasteiger partial charge in [0.1, 0.15) is 23.1 Å². The van der Waals surface area contributed by atoms with E-state index >= 15 is 0 Å². The van der Waals surface area contributed by atoms with Gasteiger partial charge in [-0.3, -0.25) is 4.79 Å². The van der Waals surface area contributed by atoms with E-state index in [0.717, 1.165) is 30.7 Å². The monoisotopic (exact) mass is 356 g/mol. The number of hydrogen-bond donors (Lipinski definition) is 2. The van der Waals surface area contributed by atoms with Crippen LogP contribution < -0.4 is 15.4 Å². The molecule has 0 aliphatic rings. The fourth-order valence-electron chi connectivity index (χ4n) is 2.47. The van der Waals surface area contributed by atoms with Crippen LogP contribution in [0.3, 0.4) is 0 Å². The molecular formula is C20H28N4O2. The van der Waals surface area contributed by atoms with Crippen LogP contribution in [-0.4, -0.2) is 36.1 Å². The molecule has 0 atom stereocenters. The third kappa shape index (κ3) is 6.35. The van der Waals surface area contributed by atoms with E-state index in [0.29, 0.717) is 29.8 Å². The Morgan fingerprint density at radius 3 is 2.54 bits per heavy atom. The summed E-state index contributed by atoms with van der Waals surface area (Å²) in [6.45, 7) is 7.52. The highest BCUT2D eigenvalue weighted by molar-refractivity contribution is 5.92. The first-order valence-corrected chi connectivity index (χ1v) is 8.98. The molecule has 2 aromatic rings. The van der Waals surface area contributed by atoms with Gasteiger partial charge in [0.05, 0.1) is 7.11 Å². The lowest BCUT2D eigenvalue weighted by Crippen LogP contribution is -2.27. The molecule has 26 heavy (non-hydrogen) atoms. The standard InChI is InChI=1S/C20H28N4O2/c1-14(2)9-11-21-19-13-18(23-15(3)24-19)20(25)22-12-10-16-5-7-17(26-4)8-6-16/h5-8,13-14H,9-12H2,1-4H3,(H,22,25)(H,21,23,24). The van der Waals surface area contributed by atoms with Crippen LogP contribution in [0.25, 0.3) is 0 Å². The zero-order valence-electron chi connectivity index (χ0n) is 16.0. The zero-order valence-corrected chi connectivity index (χ0v) is 16.0. The van der Waals surface area contributed by atoms with Gasteiger partial charge in [-0.15, -0.1) is 0 Å². The first-order chi connectivity index (χ1) is 12.5. The number of rotatable bonds is 9. The molecule has 1 amide bonds. The van der Waals surface area contributed by atoms with Crippen molar-refractivity contribution in [2.24, 2.45) is 5.92 Å². The smallest absolute Gasteiger partial charge is 0.270 e. The van der Waals surface area contributed by atoms with E-state index in [1.165, 1.54) is 0 Å². The van der Waals surface area contributed by atoms with Crippen LogP contribution in [0, 0.1) is 12.8 Å². The second-order valence-corrected chi connectivity index (χ2v) is 6.65. The van der Waals surface area contributed by atoms with E-state index in [-0.39, 0.29) is 5.91 Å². The molecule has 2 N–H and O–H groups in total. The quantitative estimate of drug-likeness (QED) is 0.721. The Morgan fingerprint density at radius 2 is 1.88 bits per heavy atom. The summed E-state index contributed by atoms with van der Waals surface area (Å²) in [5.41, 5.74) is 1.53. The van der Waals surface area contributed by atoms with Crippen LogP contribution in [0.1, 0.15) is 42.1 Å². The maximum atomic E-state index is 12.4. The number of nitrogens with zero attached hydrogens (tertiary/aromatic N) is 2. The predicted molar refractivity (Wildman–Crippen MR) is 104 cm³/mol. The normalized spacial score (nSPS) is 10.7. The largest absolute Gasteiger partial charge is 0.497 e. The Hall–Kier alpha value is -2.63. The SMILES string of the molecule is COc1ccc(CCNC(=O)c2cc(NCCC(C)C)nc(C)n2)cc1. The molecule has 0 unspecified atom stereocenters. The van der Waals surface area contributed by atoms with Crippen molar-refractivity contribution in [3.63, 3.8) is 0 Å². The van der Waals surface area contributed by atoms with Gasteiger partial charge in [0, 0.05) is 19.2 Å². The number of aryl methyl sites for hydroxylation is 1. The molecule has 1 heterocycles. The van der Waals surface area contributed by atoms with Crippen LogP contribution in [0.15, 0.2) is 30.3 Å². The average molecular weight is 356 g/mol. The number of benzene rings is 1. The topological polar surface area (TPSA) is 76.1 Å². The maximum Gasteiger partial charge on any atom is 0.270 e. The van der Waals surface area contributed by atoms with Crippen LogP contribution in [-0.2, 0) is 6.42 Å². The van der Waals surface area contributed by atoms with Crippen molar-refractivity contribution in [1.29, 1.82) is 0 Å². The fraction of sp³-hybridized carbons (Fsp3) is 0.450. The molecule has 1 aromatic heterocycles. The number of aromatic nitrogens is 2. The minimum atomic E-state index is -0.184. The number of ether oxygens (including phenoxy) is 1. The Balaban J connectivity index is 1.88. The molecule has 0 radical (unpaired) electrons. The molecular weight excluding hydrogens is 328 g/mol. The fourth-order valence-corrected chi connectivity index (χ4v) is 2.47. The van der Waals surface area contributed by atoms with Crippen molar-refractivity contribution < 1.29 is 9.53 Å². The maximum absolute atomic E-state index is 12.4. The highest BCUT2D eigenvalue weighted by Crippen LogP contribution is 2.12. The molecule has 0 spiro atoms. The minimum absolute atomic E-state index is 0.184. The highest BCUT2D eigenvalue weighted by atomic mass is 16.5. The number of hydrogen-bond acceptors (Lipinski definition) is 5. The van der Waals surface area contributed by atoms with Crippen LogP contribution in [0.2, 0.25) is 0 Å². The second kappa shape index (κ2) is 9.75. The summed E-state index contributed by atoms with van der Waals surface area (Å²) in [5, 5.41) is 6.18. The molecule has 0 bridgehead atoms. The van der Waals surface area contributed by atoms with E-state index in [2.05, 4.69) is 34.4 Å². The number of carbonyl (C=O) groups is 1. The van der Waals surface area contributed by atoms with Crippen LogP contribution >= 0.6 is 0 Å². The van der Waals surface area contributed by atoms with Gasteiger partial charge in [0.15, 0.2) is 0 Å². The molecule has 6 nitrogen and oxygen atoms in total. The lowest BCUT2D eigenvalue weighted by Gasteiger charge is -2.10. The van der Waals surface area contributed by atoms with Gasteiger partial charge in [-0.25, -0.2) is 9.97 Å². The predicted octanol–water partition coefficient (Wildman–Crippen LogP) is 3.22. The lowest BCUT2D eigenvalue weighted by molar-refractivity contribution is 0.0949. The van der Waals surface area contributed by atoms with E-state index < -0.39 is 0 Å². The summed E-state index contributed by atoms with van der Waals surface area (Å²) < 4.78 is 5.14. The zero-order chi connectivity index (χ0) is 18.9. The molecule has 1 aromatic carbocycles. The number of methoxy groups -OCH3 is 1. The van der Waals surface area contributed by atoms with Gasteiger partial charge in [-0.2, -0.15) is 0 Å². The third-order valence-corrected chi connectivity index (χ3v) is 3.96. The van der Waals surface area contributed by atoms with Gasteiger partial charge >= 0.3 is 0 Å². The van der Waals surface area contributed by atoms with Crippen molar-refractivity contribution in [2.45, 2.75) is 33.6 Å². The summed E-state index contributed by atoms with van der Waals surface area (Å²) >= 11 is 0. The van der Waals surface area contributed by atoms with Gasteiger partial charge < -0.3 is 15.4 Å². The lowest BCUT2D eigenvalue weighted by atomic mass is 10.1. The summed E-state index contributed by atoms with van der Waals surface area (Å²) in [6.07, 6.45) is 1.80. The Bertz CT molecular complexity index is 714. The van der Waals surface area contributed by atoms with Crippen LogP contribution in [0.5, 0.6) is 5.75 Å². The van der Waals surface area contributed by atoms with Gasteiger partial charge in [-0.05, 0) is 43.4 Å². The highest BCUT2D eigenvalue weighted by Gasteiger charge is 2.10. The van der Waals surface area contributed by atoms with Crippen molar-refractivity contribution in [1.82, 2.24) is 15.3 Å². The first-order valence-electron chi connectivity index (χ1n) is 8.98. The average Bonchev–Trinajstić information content (AvgIpc) is 2.61. The first kappa shape index (κ1) is 19.7. The summed E-state index contributed by atoms with van der Waals surface area (Å²) in [4.78, 5) is 21.0. The van der Waals surface area contributed by atoms with Gasteiger partial charge in [0.2, 0.25) is 0 Å². The molecule has 0 saturated heterocycles. The number of anilines is 1. The molecule has 2 rings (SSSR count). The Kier molecular flexibility index (Phi) is 7.38. The number of nitrogens with one attached hydrogen (secondary N) is 2. The third-order valence-electron chi connectivity index (χ3n) is 3.96. The molecule has 0 saturated carbocycles. The van der Waals surface area contributed by atoms with E-state index in [9.17, 15) is 4.79 Å². The Labute approximate surface area is 155 Å².